The average Bonchev–Trinajstić information content (AvgIpc) is 3.32. The molecule has 0 atom stereocenters. The number of carbonyl (C=O) groups excluding carboxylic acids is 1. The highest BCUT2D eigenvalue weighted by molar-refractivity contribution is 6.08. The molecule has 2 aromatic carbocycles. The normalized spacial score (nSPS) is 10.7. The van der Waals surface area contributed by atoms with E-state index in [9.17, 15) is 9.59 Å². The molecule has 0 radical (unpaired) electrons. The molecule has 8 heteroatoms. The average molecular weight is 434 g/mol. The summed E-state index contributed by atoms with van der Waals surface area (Å²) in [5, 5.41) is 14.1. The van der Waals surface area contributed by atoms with Crippen LogP contribution in [0.5, 0.6) is 0 Å². The predicted molar refractivity (Wildman–Crippen MR) is 125 cm³/mol. The zero-order valence-electron chi connectivity index (χ0n) is 17.3. The number of hydrogen-bond donors (Lipinski definition) is 2. The number of hydrogen-bond acceptors (Lipinski definition) is 5. The van der Waals surface area contributed by atoms with Crippen LogP contribution in [0.2, 0.25) is 0 Å². The van der Waals surface area contributed by atoms with Gasteiger partial charge in [0.2, 0.25) is 0 Å². The van der Waals surface area contributed by atoms with Crippen molar-refractivity contribution >= 4 is 11.6 Å². The smallest absolute Gasteiger partial charge is 0.264 e. The van der Waals surface area contributed by atoms with Gasteiger partial charge in [0.25, 0.3) is 11.5 Å². The van der Waals surface area contributed by atoms with Crippen LogP contribution in [0.3, 0.4) is 0 Å². The quantitative estimate of drug-likeness (QED) is 0.436. The van der Waals surface area contributed by atoms with Crippen LogP contribution in [0.25, 0.3) is 28.2 Å². The van der Waals surface area contributed by atoms with Crippen LogP contribution in [0.1, 0.15) is 10.4 Å². The largest absolute Gasteiger partial charge is 0.322 e. The molecule has 2 N–H and O–H groups in total. The molecule has 0 saturated carbocycles. The van der Waals surface area contributed by atoms with Crippen molar-refractivity contribution in [1.82, 2.24) is 25.0 Å². The minimum absolute atomic E-state index is 0.276. The van der Waals surface area contributed by atoms with Gasteiger partial charge in [-0.15, -0.1) is 0 Å². The number of H-pyrrole nitrogens is 1. The first-order valence-corrected chi connectivity index (χ1v) is 10.2. The Bertz CT molecular complexity index is 1460. The summed E-state index contributed by atoms with van der Waals surface area (Å²) in [6.45, 7) is 0. The minimum atomic E-state index is -0.303. The molecule has 0 fully saturated rings. The Labute approximate surface area is 188 Å². The molecule has 0 bridgehead atoms. The molecule has 0 aliphatic carbocycles. The Morgan fingerprint density at radius 3 is 2.52 bits per heavy atom. The molecule has 0 unspecified atom stereocenters. The van der Waals surface area contributed by atoms with Crippen LogP contribution in [0, 0.1) is 0 Å². The molecule has 33 heavy (non-hydrogen) atoms. The first-order chi connectivity index (χ1) is 16.2. The molecule has 1 amide bonds. The van der Waals surface area contributed by atoms with Crippen molar-refractivity contribution in [3.05, 3.63) is 113 Å². The van der Waals surface area contributed by atoms with E-state index in [1.807, 2.05) is 48.5 Å². The number of benzene rings is 2. The summed E-state index contributed by atoms with van der Waals surface area (Å²) < 4.78 is 1.68. The van der Waals surface area contributed by atoms with Gasteiger partial charge in [-0.2, -0.15) is 10.2 Å². The van der Waals surface area contributed by atoms with E-state index < -0.39 is 0 Å². The van der Waals surface area contributed by atoms with E-state index in [0.717, 1.165) is 16.8 Å². The third-order valence-electron chi connectivity index (χ3n) is 5.01. The fraction of sp³-hybridized carbons (Fsp3) is 0. The highest BCUT2D eigenvalue weighted by atomic mass is 16.1. The van der Waals surface area contributed by atoms with Gasteiger partial charge in [0.15, 0.2) is 0 Å². The minimum Gasteiger partial charge on any atom is -0.322 e. The maximum Gasteiger partial charge on any atom is 0.264 e. The lowest BCUT2D eigenvalue weighted by Gasteiger charge is -2.07. The number of aromatic amines is 1. The number of carbonyl (C=O) groups is 1. The number of para-hydroxylation sites is 1. The van der Waals surface area contributed by atoms with E-state index in [2.05, 4.69) is 25.6 Å². The molecular weight excluding hydrogens is 416 g/mol. The van der Waals surface area contributed by atoms with Crippen molar-refractivity contribution in [1.29, 1.82) is 0 Å². The van der Waals surface area contributed by atoms with Gasteiger partial charge in [-0.3, -0.25) is 14.6 Å². The summed E-state index contributed by atoms with van der Waals surface area (Å²) in [7, 11) is 0. The second-order valence-electron chi connectivity index (χ2n) is 7.25. The third kappa shape index (κ3) is 4.31. The molecule has 160 valence electrons. The number of aromatic nitrogens is 5. The van der Waals surface area contributed by atoms with Crippen molar-refractivity contribution in [2.45, 2.75) is 0 Å². The second kappa shape index (κ2) is 8.72. The Hall–Kier alpha value is -4.85. The van der Waals surface area contributed by atoms with Crippen molar-refractivity contribution in [3.63, 3.8) is 0 Å². The topological polar surface area (TPSA) is 106 Å². The highest BCUT2D eigenvalue weighted by Crippen LogP contribution is 2.25. The van der Waals surface area contributed by atoms with Gasteiger partial charge < -0.3 is 5.32 Å². The Morgan fingerprint density at radius 1 is 0.909 bits per heavy atom. The van der Waals surface area contributed by atoms with Gasteiger partial charge in [-0.25, -0.2) is 9.78 Å². The summed E-state index contributed by atoms with van der Waals surface area (Å²) >= 11 is 0. The monoisotopic (exact) mass is 434 g/mol. The number of anilines is 1. The maximum atomic E-state index is 13.3. The van der Waals surface area contributed by atoms with Crippen LogP contribution in [-0.4, -0.2) is 30.9 Å². The van der Waals surface area contributed by atoms with E-state index in [-0.39, 0.29) is 11.5 Å². The zero-order chi connectivity index (χ0) is 22.6. The van der Waals surface area contributed by atoms with Gasteiger partial charge >= 0.3 is 0 Å². The van der Waals surface area contributed by atoms with Crippen LogP contribution in [0.4, 0.5) is 5.69 Å². The molecular formula is C25H18N6O2. The molecule has 0 spiro atoms. The Kier molecular flexibility index (Phi) is 5.30. The third-order valence-corrected chi connectivity index (χ3v) is 5.01. The lowest BCUT2D eigenvalue weighted by Crippen LogP contribution is -2.12. The standard InChI is InChI=1S/C25H18N6O2/c32-23-12-11-22(28-29-23)17-6-4-8-19(14-17)27-25(33)21-16-31(20-9-2-1-3-10-20)30-24(21)18-7-5-13-26-15-18/h1-16H,(H,27,33)(H,29,32). The zero-order valence-corrected chi connectivity index (χ0v) is 17.3. The first kappa shape index (κ1) is 20.1. The lowest BCUT2D eigenvalue weighted by atomic mass is 10.1. The summed E-state index contributed by atoms with van der Waals surface area (Å²) in [5.74, 6) is -0.303. The van der Waals surface area contributed by atoms with Gasteiger partial charge in [0, 0.05) is 41.5 Å². The van der Waals surface area contributed by atoms with E-state index in [4.69, 9.17) is 0 Å². The number of nitrogens with one attached hydrogen (secondary N) is 2. The molecule has 3 aromatic heterocycles. The fourth-order valence-electron chi connectivity index (χ4n) is 3.43. The van der Waals surface area contributed by atoms with Gasteiger partial charge in [0.1, 0.15) is 5.69 Å². The Balaban J connectivity index is 1.49. The van der Waals surface area contributed by atoms with Crippen LogP contribution in [-0.2, 0) is 0 Å². The van der Waals surface area contributed by atoms with Gasteiger partial charge in [-0.05, 0) is 42.5 Å². The van der Waals surface area contributed by atoms with Crippen LogP contribution < -0.4 is 10.9 Å². The molecule has 0 aliphatic rings. The lowest BCUT2D eigenvalue weighted by molar-refractivity contribution is 0.102. The van der Waals surface area contributed by atoms with Crippen molar-refractivity contribution in [2.24, 2.45) is 0 Å². The van der Waals surface area contributed by atoms with Crippen LogP contribution >= 0.6 is 0 Å². The van der Waals surface area contributed by atoms with Crippen LogP contribution in [0.15, 0.2) is 102 Å². The predicted octanol–water partition coefficient (Wildman–Crippen LogP) is 3.94. The molecule has 0 aliphatic heterocycles. The molecule has 0 saturated heterocycles. The molecule has 5 aromatic rings. The Morgan fingerprint density at radius 2 is 1.76 bits per heavy atom. The van der Waals surface area contributed by atoms with E-state index >= 15 is 0 Å². The second-order valence-corrected chi connectivity index (χ2v) is 7.25. The number of amides is 1. The van der Waals surface area contributed by atoms with E-state index in [1.54, 1.807) is 47.5 Å². The van der Waals surface area contributed by atoms with Crippen molar-refractivity contribution in [3.8, 4) is 28.2 Å². The maximum absolute atomic E-state index is 13.3. The summed E-state index contributed by atoms with van der Waals surface area (Å²) in [6.07, 6.45) is 5.06. The SMILES string of the molecule is O=C(Nc1cccc(-c2ccc(=O)[nH]n2)c1)c1cn(-c2ccccc2)nc1-c1cccnc1. The fourth-order valence-corrected chi connectivity index (χ4v) is 3.43. The molecule has 3 heterocycles. The molecule has 5 rings (SSSR count). The summed E-state index contributed by atoms with van der Waals surface area (Å²) in [4.78, 5) is 28.8. The van der Waals surface area contributed by atoms with Crippen molar-refractivity contribution in [2.75, 3.05) is 5.32 Å². The first-order valence-electron chi connectivity index (χ1n) is 10.2. The summed E-state index contributed by atoms with van der Waals surface area (Å²) in [5.41, 5.74) is 4.20. The summed E-state index contributed by atoms with van der Waals surface area (Å²) in [6, 6.07) is 23.5. The number of pyridine rings is 1. The van der Waals surface area contributed by atoms with E-state index in [0.29, 0.717) is 22.6 Å². The van der Waals surface area contributed by atoms with E-state index in [1.165, 1.54) is 6.07 Å². The van der Waals surface area contributed by atoms with Gasteiger partial charge in [-0.1, -0.05) is 30.3 Å². The number of rotatable bonds is 5. The van der Waals surface area contributed by atoms with Gasteiger partial charge in [0.05, 0.1) is 16.9 Å². The van der Waals surface area contributed by atoms with Crippen molar-refractivity contribution < 1.29 is 4.79 Å². The number of nitrogens with zero attached hydrogens (tertiary/aromatic N) is 4. The molecule has 8 nitrogen and oxygen atoms in total. The highest BCUT2D eigenvalue weighted by Gasteiger charge is 2.19.